The Morgan fingerprint density at radius 3 is 2.15 bits per heavy atom. The summed E-state index contributed by atoms with van der Waals surface area (Å²) in [5.41, 5.74) is 3.87. The van der Waals surface area contributed by atoms with Gasteiger partial charge in [-0.25, -0.2) is 9.18 Å². The molecule has 1 aliphatic rings. The molecule has 41 heavy (non-hydrogen) atoms. The van der Waals surface area contributed by atoms with Crippen molar-refractivity contribution in [3.05, 3.63) is 87.4 Å². The largest absolute Gasteiger partial charge is 0.332 e. The van der Waals surface area contributed by atoms with Crippen LogP contribution in [0.2, 0.25) is 0 Å². The van der Waals surface area contributed by atoms with Crippen LogP contribution in [0.15, 0.2) is 60.0 Å². The van der Waals surface area contributed by atoms with Gasteiger partial charge in [0.1, 0.15) is 12.4 Å². The Kier molecular flexibility index (Phi) is 10.9. The Balaban J connectivity index is 1.57. The number of halogens is 1. The van der Waals surface area contributed by atoms with Gasteiger partial charge in [0.25, 0.3) is 0 Å². The molecule has 8 heteroatoms. The topological polar surface area (TPSA) is 55.9 Å². The highest BCUT2D eigenvalue weighted by atomic mass is 32.1. The van der Waals surface area contributed by atoms with Crippen molar-refractivity contribution in [2.45, 2.75) is 65.5 Å². The number of likely N-dealkylation sites (tertiary alicyclic amines) is 1. The minimum atomic E-state index is -0.308. The molecule has 2 heterocycles. The Morgan fingerprint density at radius 1 is 0.902 bits per heavy atom. The summed E-state index contributed by atoms with van der Waals surface area (Å²) >= 11 is 1.59. The number of nitrogens with zero attached hydrogens (tertiary/aromatic N) is 3. The molecule has 6 nitrogen and oxygen atoms in total. The van der Waals surface area contributed by atoms with E-state index < -0.39 is 0 Å². The van der Waals surface area contributed by atoms with Crippen LogP contribution >= 0.6 is 11.3 Å². The molecule has 0 atom stereocenters. The molecular formula is C33H43FN4O2S. The van der Waals surface area contributed by atoms with E-state index in [1.54, 1.807) is 33.3 Å². The highest BCUT2D eigenvalue weighted by Gasteiger charge is 2.25. The zero-order valence-electron chi connectivity index (χ0n) is 24.7. The summed E-state index contributed by atoms with van der Waals surface area (Å²) < 4.78 is 13.6. The normalized spacial score (nSPS) is 13.6. The second-order valence-corrected chi connectivity index (χ2v) is 12.5. The lowest BCUT2D eigenvalue weighted by atomic mass is 9.93. The number of amides is 3. The van der Waals surface area contributed by atoms with Gasteiger partial charge < -0.3 is 20.0 Å². The zero-order chi connectivity index (χ0) is 29.4. The van der Waals surface area contributed by atoms with Crippen LogP contribution in [0.3, 0.4) is 0 Å². The highest BCUT2D eigenvalue weighted by molar-refractivity contribution is 7.09. The van der Waals surface area contributed by atoms with Crippen LogP contribution in [-0.2, 0) is 17.9 Å². The van der Waals surface area contributed by atoms with Gasteiger partial charge in [-0.15, -0.1) is 11.3 Å². The van der Waals surface area contributed by atoms with Crippen molar-refractivity contribution in [2.24, 2.45) is 0 Å². The van der Waals surface area contributed by atoms with E-state index >= 15 is 0 Å². The molecule has 0 spiro atoms. The van der Waals surface area contributed by atoms with Gasteiger partial charge in [0, 0.05) is 30.2 Å². The third kappa shape index (κ3) is 8.63. The van der Waals surface area contributed by atoms with Crippen LogP contribution < -0.4 is 5.32 Å². The average molecular weight is 579 g/mol. The predicted molar refractivity (Wildman–Crippen MR) is 166 cm³/mol. The number of carbonyl (C=O) groups is 2. The first-order chi connectivity index (χ1) is 19.7. The van der Waals surface area contributed by atoms with Crippen LogP contribution in [-0.4, -0.2) is 59.4 Å². The number of benzene rings is 2. The first-order valence-electron chi connectivity index (χ1n) is 14.7. The SMILES string of the molecule is CC(C)c1cccc(C(C)C)c1NC(=O)N(CCN1CCCC1)CC(=O)N(Cc1ccc(F)cc1)Cc1cccs1. The Morgan fingerprint density at radius 2 is 1.56 bits per heavy atom. The third-order valence-corrected chi connectivity index (χ3v) is 8.53. The van der Waals surface area contributed by atoms with Crippen molar-refractivity contribution in [3.63, 3.8) is 0 Å². The average Bonchev–Trinajstić information content (AvgIpc) is 3.66. The second-order valence-electron chi connectivity index (χ2n) is 11.5. The van der Waals surface area contributed by atoms with E-state index in [1.807, 2.05) is 23.6 Å². The molecule has 1 saturated heterocycles. The molecule has 1 aliphatic heterocycles. The van der Waals surface area contributed by atoms with Gasteiger partial charge in [0.05, 0.1) is 6.54 Å². The molecule has 220 valence electrons. The number of hydrogen-bond donors (Lipinski definition) is 1. The quantitative estimate of drug-likeness (QED) is 0.246. The molecule has 0 saturated carbocycles. The molecule has 3 aromatic rings. The van der Waals surface area contributed by atoms with Gasteiger partial charge >= 0.3 is 6.03 Å². The van der Waals surface area contributed by atoms with Crippen molar-refractivity contribution < 1.29 is 14.0 Å². The Bertz CT molecular complexity index is 1240. The standard InChI is InChI=1S/C33H43FN4O2S/c1-24(2)29-10-7-11-30(25(3)4)32(29)35-33(40)37(19-18-36-16-5-6-17-36)23-31(39)38(22-28-9-8-20-41-28)21-26-12-14-27(34)15-13-26/h7-15,20,24-25H,5-6,16-19,21-23H2,1-4H3,(H,35,40). The summed E-state index contributed by atoms with van der Waals surface area (Å²) in [6.07, 6.45) is 2.33. The molecule has 2 aromatic carbocycles. The van der Waals surface area contributed by atoms with E-state index in [-0.39, 0.29) is 36.1 Å². The lowest BCUT2D eigenvalue weighted by Gasteiger charge is -2.30. The van der Waals surface area contributed by atoms with Crippen molar-refractivity contribution in [1.29, 1.82) is 0 Å². The lowest BCUT2D eigenvalue weighted by Crippen LogP contribution is -2.46. The van der Waals surface area contributed by atoms with E-state index in [0.29, 0.717) is 19.6 Å². The molecule has 0 aliphatic carbocycles. The van der Waals surface area contributed by atoms with E-state index in [1.165, 1.54) is 12.1 Å². The molecule has 1 aromatic heterocycles. The van der Waals surface area contributed by atoms with Crippen molar-refractivity contribution >= 4 is 29.0 Å². The van der Waals surface area contributed by atoms with Crippen molar-refractivity contribution in [2.75, 3.05) is 38.0 Å². The molecule has 0 unspecified atom stereocenters. The number of anilines is 1. The number of thiophene rings is 1. The van der Waals surface area contributed by atoms with Crippen molar-refractivity contribution in [1.82, 2.24) is 14.7 Å². The van der Waals surface area contributed by atoms with Crippen LogP contribution in [0.5, 0.6) is 0 Å². The maximum absolute atomic E-state index is 13.9. The number of hydrogen-bond acceptors (Lipinski definition) is 4. The minimum absolute atomic E-state index is 0.0346. The maximum Gasteiger partial charge on any atom is 0.322 e. The van der Waals surface area contributed by atoms with Gasteiger partial charge in [0.15, 0.2) is 0 Å². The van der Waals surface area contributed by atoms with Gasteiger partial charge in [-0.05, 0) is 78.0 Å². The fraction of sp³-hybridized carbons (Fsp3) is 0.455. The molecule has 3 amide bonds. The predicted octanol–water partition coefficient (Wildman–Crippen LogP) is 7.29. The zero-order valence-corrected chi connectivity index (χ0v) is 25.6. The van der Waals surface area contributed by atoms with Gasteiger partial charge in [-0.3, -0.25) is 4.79 Å². The summed E-state index contributed by atoms with van der Waals surface area (Å²) in [4.78, 5) is 34.6. The lowest BCUT2D eigenvalue weighted by molar-refractivity contribution is -0.133. The summed E-state index contributed by atoms with van der Waals surface area (Å²) in [6.45, 7) is 12.5. The van der Waals surface area contributed by atoms with Crippen LogP contribution in [0.1, 0.15) is 73.9 Å². The fourth-order valence-corrected chi connectivity index (χ4v) is 6.02. The fourth-order valence-electron chi connectivity index (χ4n) is 5.30. The van der Waals surface area contributed by atoms with Gasteiger partial charge in [0.2, 0.25) is 5.91 Å². The molecule has 1 N–H and O–H groups in total. The van der Waals surface area contributed by atoms with E-state index in [9.17, 15) is 14.0 Å². The Hall–Kier alpha value is -3.23. The van der Waals surface area contributed by atoms with Crippen LogP contribution in [0.25, 0.3) is 0 Å². The van der Waals surface area contributed by atoms with Crippen LogP contribution in [0.4, 0.5) is 14.9 Å². The van der Waals surface area contributed by atoms with E-state index in [0.717, 1.165) is 59.7 Å². The number of para-hydroxylation sites is 1. The summed E-state index contributed by atoms with van der Waals surface area (Å²) in [7, 11) is 0. The molecule has 0 bridgehead atoms. The smallest absolute Gasteiger partial charge is 0.322 e. The van der Waals surface area contributed by atoms with Gasteiger partial charge in [-0.1, -0.05) is 64.1 Å². The van der Waals surface area contributed by atoms with E-state index in [2.05, 4.69) is 50.0 Å². The third-order valence-electron chi connectivity index (χ3n) is 7.67. The minimum Gasteiger partial charge on any atom is -0.332 e. The monoisotopic (exact) mass is 578 g/mol. The maximum atomic E-state index is 13.9. The summed E-state index contributed by atoms with van der Waals surface area (Å²) in [5, 5.41) is 5.21. The molecule has 4 rings (SSSR count). The van der Waals surface area contributed by atoms with E-state index in [4.69, 9.17) is 0 Å². The summed E-state index contributed by atoms with van der Waals surface area (Å²) in [6, 6.07) is 16.1. The van der Waals surface area contributed by atoms with Crippen molar-refractivity contribution in [3.8, 4) is 0 Å². The number of nitrogens with one attached hydrogen (secondary N) is 1. The molecular weight excluding hydrogens is 535 g/mol. The van der Waals surface area contributed by atoms with Crippen LogP contribution in [0, 0.1) is 5.82 Å². The first-order valence-corrected chi connectivity index (χ1v) is 15.5. The molecule has 0 radical (unpaired) electrons. The Labute approximate surface area is 248 Å². The van der Waals surface area contributed by atoms with Gasteiger partial charge in [-0.2, -0.15) is 0 Å². The summed E-state index contributed by atoms with van der Waals surface area (Å²) in [5.74, 6) is 0.0268. The second kappa shape index (κ2) is 14.6. The number of urea groups is 1. The highest BCUT2D eigenvalue weighted by Crippen LogP contribution is 2.32. The number of carbonyl (C=O) groups excluding carboxylic acids is 2. The first kappa shape index (κ1) is 30.7. The number of rotatable bonds is 12. The molecule has 1 fully saturated rings.